The standard InChI is InChI=1S/C22H26ClN5O4S/c1-11(2)32-18-6-5-14(9-16(18)23)20-24-25-22(33-20)28-12(3)15-10-27(8-7-17(15)26-28)13(4)19(29)21(30)31/h5-6,9,11,13,19,29H,7-8,10H2,1-4H3,(H,30,31)/t13?,19-/m1/s1. The molecule has 2 N–H and O–H groups in total. The van der Waals surface area contributed by atoms with Gasteiger partial charge in [-0.15, -0.1) is 10.2 Å². The summed E-state index contributed by atoms with van der Waals surface area (Å²) in [6.45, 7) is 8.72. The molecular formula is C22H26ClN5O4S. The first-order valence-corrected chi connectivity index (χ1v) is 11.9. The van der Waals surface area contributed by atoms with Crippen LogP contribution in [0.3, 0.4) is 0 Å². The third-order valence-electron chi connectivity index (χ3n) is 5.74. The fourth-order valence-corrected chi connectivity index (χ4v) is 4.94. The van der Waals surface area contributed by atoms with Crippen LogP contribution < -0.4 is 4.74 Å². The van der Waals surface area contributed by atoms with Crippen molar-refractivity contribution < 1.29 is 19.7 Å². The molecule has 176 valence electrons. The van der Waals surface area contributed by atoms with E-state index in [2.05, 4.69) is 10.2 Å². The van der Waals surface area contributed by atoms with Crippen molar-refractivity contribution >= 4 is 28.9 Å². The summed E-state index contributed by atoms with van der Waals surface area (Å²) in [5.74, 6) is -0.589. The lowest BCUT2D eigenvalue weighted by Gasteiger charge is -2.33. The Morgan fingerprint density at radius 1 is 1.27 bits per heavy atom. The second-order valence-corrected chi connectivity index (χ2v) is 9.73. The van der Waals surface area contributed by atoms with Crippen molar-refractivity contribution in [1.82, 2.24) is 24.9 Å². The second kappa shape index (κ2) is 9.38. The number of hydrogen-bond donors (Lipinski definition) is 2. The number of ether oxygens (including phenoxy) is 1. The monoisotopic (exact) mass is 491 g/mol. The molecule has 0 saturated carbocycles. The molecule has 1 unspecified atom stereocenters. The zero-order valence-electron chi connectivity index (χ0n) is 18.8. The summed E-state index contributed by atoms with van der Waals surface area (Å²) in [7, 11) is 0. The number of carboxylic acid groups (broad SMARTS) is 1. The molecule has 0 saturated heterocycles. The first kappa shape index (κ1) is 23.6. The zero-order valence-corrected chi connectivity index (χ0v) is 20.4. The molecule has 4 rings (SSSR count). The molecule has 0 fully saturated rings. The van der Waals surface area contributed by atoms with Gasteiger partial charge in [0, 0.05) is 42.4 Å². The second-order valence-electron chi connectivity index (χ2n) is 8.37. The van der Waals surface area contributed by atoms with E-state index < -0.39 is 18.1 Å². The molecule has 0 bridgehead atoms. The molecule has 2 atom stereocenters. The van der Waals surface area contributed by atoms with Gasteiger partial charge < -0.3 is 14.9 Å². The molecular weight excluding hydrogens is 466 g/mol. The maximum Gasteiger partial charge on any atom is 0.334 e. The molecule has 9 nitrogen and oxygen atoms in total. The normalized spacial score (nSPS) is 16.0. The summed E-state index contributed by atoms with van der Waals surface area (Å²) in [4.78, 5) is 13.1. The topological polar surface area (TPSA) is 114 Å². The number of aliphatic hydroxyl groups excluding tert-OH is 1. The third-order valence-corrected chi connectivity index (χ3v) is 6.99. The quantitative estimate of drug-likeness (QED) is 0.517. The van der Waals surface area contributed by atoms with E-state index in [-0.39, 0.29) is 6.10 Å². The third kappa shape index (κ3) is 4.74. The average molecular weight is 492 g/mol. The van der Waals surface area contributed by atoms with Crippen molar-refractivity contribution in [2.24, 2.45) is 0 Å². The number of carboxylic acids is 1. The number of benzene rings is 1. The first-order valence-electron chi connectivity index (χ1n) is 10.7. The Balaban J connectivity index is 1.57. The Bertz CT molecular complexity index is 1180. The predicted molar refractivity (Wildman–Crippen MR) is 125 cm³/mol. The van der Waals surface area contributed by atoms with Crippen LogP contribution >= 0.6 is 22.9 Å². The highest BCUT2D eigenvalue weighted by molar-refractivity contribution is 7.17. The molecule has 3 heterocycles. The molecule has 11 heteroatoms. The number of fused-ring (bicyclic) bond motifs is 1. The lowest BCUT2D eigenvalue weighted by atomic mass is 10.0. The van der Waals surface area contributed by atoms with Crippen molar-refractivity contribution in [2.45, 2.75) is 58.9 Å². The SMILES string of the molecule is Cc1c2c(nn1-c1nnc(-c3ccc(OC(C)C)c(Cl)c3)s1)CCN(C(C)[C@@H](O)C(=O)O)C2. The minimum absolute atomic E-state index is 0.0293. The number of aromatic nitrogens is 4. The number of nitrogens with zero attached hydrogens (tertiary/aromatic N) is 5. The Labute approximate surface area is 200 Å². The summed E-state index contributed by atoms with van der Waals surface area (Å²) < 4.78 is 7.48. The highest BCUT2D eigenvalue weighted by Crippen LogP contribution is 2.34. The van der Waals surface area contributed by atoms with Gasteiger partial charge in [0.25, 0.3) is 0 Å². The number of rotatable bonds is 7. The minimum atomic E-state index is -1.43. The van der Waals surface area contributed by atoms with Gasteiger partial charge in [-0.05, 0) is 45.9 Å². The summed E-state index contributed by atoms with van der Waals surface area (Å²) in [6.07, 6.45) is -0.739. The molecule has 3 aromatic rings. The number of aliphatic carboxylic acids is 1. The number of aliphatic hydroxyl groups is 1. The zero-order chi connectivity index (χ0) is 23.9. The average Bonchev–Trinajstić information content (AvgIpc) is 3.38. The molecule has 2 aromatic heterocycles. The van der Waals surface area contributed by atoms with E-state index in [1.165, 1.54) is 11.3 Å². The van der Waals surface area contributed by atoms with Gasteiger partial charge in [0.2, 0.25) is 5.13 Å². The smallest absolute Gasteiger partial charge is 0.334 e. The van der Waals surface area contributed by atoms with Crippen LogP contribution in [0.2, 0.25) is 5.02 Å². The number of halogens is 1. The molecule has 33 heavy (non-hydrogen) atoms. The van der Waals surface area contributed by atoms with Crippen LogP contribution in [0.25, 0.3) is 15.7 Å². The van der Waals surface area contributed by atoms with Gasteiger partial charge in [0.15, 0.2) is 6.10 Å². The van der Waals surface area contributed by atoms with Gasteiger partial charge in [0.1, 0.15) is 10.8 Å². The summed E-state index contributed by atoms with van der Waals surface area (Å²) >= 11 is 7.79. The number of carbonyl (C=O) groups is 1. The predicted octanol–water partition coefficient (Wildman–Crippen LogP) is 3.33. The van der Waals surface area contributed by atoms with E-state index in [0.29, 0.717) is 35.4 Å². The lowest BCUT2D eigenvalue weighted by molar-refractivity contribution is -0.150. The summed E-state index contributed by atoms with van der Waals surface area (Å²) in [5.41, 5.74) is 3.75. The Hall–Kier alpha value is -2.53. The first-order chi connectivity index (χ1) is 15.7. The minimum Gasteiger partial charge on any atom is -0.489 e. The van der Waals surface area contributed by atoms with Crippen LogP contribution in [0.15, 0.2) is 18.2 Å². The van der Waals surface area contributed by atoms with Crippen molar-refractivity contribution in [3.05, 3.63) is 40.2 Å². The van der Waals surface area contributed by atoms with Crippen molar-refractivity contribution in [3.63, 3.8) is 0 Å². The number of hydrogen-bond acceptors (Lipinski definition) is 8. The van der Waals surface area contributed by atoms with E-state index in [1.54, 1.807) is 11.6 Å². The van der Waals surface area contributed by atoms with Gasteiger partial charge in [-0.2, -0.15) is 5.10 Å². The van der Waals surface area contributed by atoms with E-state index in [9.17, 15) is 9.90 Å². The molecule has 1 aliphatic heterocycles. The largest absolute Gasteiger partial charge is 0.489 e. The van der Waals surface area contributed by atoms with E-state index in [1.807, 2.05) is 43.9 Å². The highest BCUT2D eigenvalue weighted by Gasteiger charge is 2.32. The molecule has 0 radical (unpaired) electrons. The van der Waals surface area contributed by atoms with Crippen LogP contribution in [0, 0.1) is 6.92 Å². The van der Waals surface area contributed by atoms with E-state index in [4.69, 9.17) is 26.5 Å². The van der Waals surface area contributed by atoms with E-state index in [0.717, 1.165) is 27.5 Å². The molecule has 1 aromatic carbocycles. The van der Waals surface area contributed by atoms with Crippen LogP contribution in [0.4, 0.5) is 0 Å². The van der Waals surface area contributed by atoms with E-state index >= 15 is 0 Å². The fraction of sp³-hybridized carbons (Fsp3) is 0.455. The van der Waals surface area contributed by atoms with Crippen LogP contribution in [0.1, 0.15) is 37.7 Å². The molecule has 0 amide bonds. The van der Waals surface area contributed by atoms with Gasteiger partial charge in [-0.3, -0.25) is 4.90 Å². The van der Waals surface area contributed by atoms with Crippen molar-refractivity contribution in [1.29, 1.82) is 0 Å². The molecule has 0 spiro atoms. The van der Waals surface area contributed by atoms with Crippen molar-refractivity contribution in [2.75, 3.05) is 6.54 Å². The Morgan fingerprint density at radius 2 is 2.03 bits per heavy atom. The van der Waals surface area contributed by atoms with Gasteiger partial charge in [-0.25, -0.2) is 9.48 Å². The van der Waals surface area contributed by atoms with Crippen LogP contribution in [0.5, 0.6) is 5.75 Å². The van der Waals surface area contributed by atoms with Crippen LogP contribution in [-0.4, -0.2) is 65.9 Å². The Kier molecular flexibility index (Phi) is 6.71. The van der Waals surface area contributed by atoms with Crippen molar-refractivity contribution in [3.8, 4) is 21.5 Å². The van der Waals surface area contributed by atoms with Crippen LogP contribution in [-0.2, 0) is 17.8 Å². The maximum absolute atomic E-state index is 11.2. The molecule has 1 aliphatic rings. The van der Waals surface area contributed by atoms with Gasteiger partial charge in [0.05, 0.1) is 16.8 Å². The fourth-order valence-electron chi connectivity index (χ4n) is 3.87. The Morgan fingerprint density at radius 3 is 2.70 bits per heavy atom. The summed E-state index contributed by atoms with van der Waals surface area (Å²) in [5, 5.41) is 34.3. The van der Waals surface area contributed by atoms with Gasteiger partial charge in [-0.1, -0.05) is 22.9 Å². The summed E-state index contributed by atoms with van der Waals surface area (Å²) in [6, 6.07) is 5.05. The highest BCUT2D eigenvalue weighted by atomic mass is 35.5. The lowest BCUT2D eigenvalue weighted by Crippen LogP contribution is -2.47. The van der Waals surface area contributed by atoms with Gasteiger partial charge >= 0.3 is 5.97 Å². The maximum atomic E-state index is 11.2. The molecule has 0 aliphatic carbocycles.